The Morgan fingerprint density at radius 1 is 1.02 bits per heavy atom. The molecule has 43 heavy (non-hydrogen) atoms. The first kappa shape index (κ1) is 32.6. The van der Waals surface area contributed by atoms with Crippen molar-refractivity contribution < 1.29 is 22.7 Å². The zero-order chi connectivity index (χ0) is 31.1. The van der Waals surface area contributed by atoms with Crippen molar-refractivity contribution in [2.24, 2.45) is 0 Å². The summed E-state index contributed by atoms with van der Waals surface area (Å²) in [5.41, 5.74) is 1.73. The maximum absolute atomic E-state index is 14.3. The third-order valence-electron chi connectivity index (χ3n) is 7.67. The van der Waals surface area contributed by atoms with Crippen molar-refractivity contribution in [2.45, 2.75) is 69.5 Å². The second kappa shape index (κ2) is 14.5. The van der Waals surface area contributed by atoms with E-state index >= 15 is 0 Å². The normalized spacial score (nSPS) is 14.3. The second-order valence-electron chi connectivity index (χ2n) is 10.7. The van der Waals surface area contributed by atoms with Crippen molar-refractivity contribution in [1.29, 1.82) is 0 Å². The molecule has 2 amide bonds. The summed E-state index contributed by atoms with van der Waals surface area (Å²) in [6, 6.07) is 17.1. The van der Waals surface area contributed by atoms with Gasteiger partial charge in [-0.15, -0.1) is 0 Å². The lowest BCUT2D eigenvalue weighted by Gasteiger charge is -2.34. The molecule has 1 N–H and O–H groups in total. The van der Waals surface area contributed by atoms with Crippen LogP contribution in [0.4, 0.5) is 5.69 Å². The molecule has 1 saturated carbocycles. The molecule has 0 saturated heterocycles. The average Bonchev–Trinajstić information content (AvgIpc) is 3.50. The van der Waals surface area contributed by atoms with Gasteiger partial charge in [0, 0.05) is 28.7 Å². The highest BCUT2D eigenvalue weighted by Crippen LogP contribution is 2.29. The number of hydrogen-bond donors (Lipinski definition) is 1. The fourth-order valence-electron chi connectivity index (χ4n) is 5.25. The minimum absolute atomic E-state index is 0.0119. The number of amides is 2. The lowest BCUT2D eigenvalue weighted by Crippen LogP contribution is -2.53. The first-order valence-corrected chi connectivity index (χ1v) is 16.5. The highest BCUT2D eigenvalue weighted by molar-refractivity contribution is 7.92. The van der Waals surface area contributed by atoms with Gasteiger partial charge in [0.05, 0.1) is 17.7 Å². The molecule has 0 aliphatic heterocycles. The topological polar surface area (TPSA) is 96.0 Å². The van der Waals surface area contributed by atoms with E-state index in [-0.39, 0.29) is 29.1 Å². The van der Waals surface area contributed by atoms with Crippen LogP contribution in [0.25, 0.3) is 0 Å². The molecular formula is C32H37Cl2N3O5S. The van der Waals surface area contributed by atoms with Crippen LogP contribution in [0.5, 0.6) is 5.75 Å². The second-order valence-corrected chi connectivity index (χ2v) is 13.4. The fourth-order valence-corrected chi connectivity index (χ4v) is 7.13. The molecule has 11 heteroatoms. The first-order chi connectivity index (χ1) is 20.5. The number of methoxy groups -OCH3 is 1. The number of carbonyl (C=O) groups is 2. The number of ether oxygens (including phenoxy) is 1. The Morgan fingerprint density at radius 3 is 2.35 bits per heavy atom. The van der Waals surface area contributed by atoms with E-state index in [1.54, 1.807) is 54.6 Å². The smallest absolute Gasteiger partial charge is 0.264 e. The highest BCUT2D eigenvalue weighted by atomic mass is 35.5. The predicted molar refractivity (Wildman–Crippen MR) is 170 cm³/mol. The number of aryl methyl sites for hydroxylation is 1. The van der Waals surface area contributed by atoms with Crippen LogP contribution in [0.3, 0.4) is 0 Å². The number of anilines is 1. The molecule has 1 atom stereocenters. The molecule has 0 bridgehead atoms. The Balaban J connectivity index is 1.75. The van der Waals surface area contributed by atoms with E-state index in [1.165, 1.54) is 24.1 Å². The van der Waals surface area contributed by atoms with Crippen LogP contribution in [0.1, 0.15) is 50.2 Å². The minimum Gasteiger partial charge on any atom is -0.497 e. The van der Waals surface area contributed by atoms with Gasteiger partial charge in [-0.3, -0.25) is 13.9 Å². The van der Waals surface area contributed by atoms with Gasteiger partial charge in [0.25, 0.3) is 10.0 Å². The quantitative estimate of drug-likeness (QED) is 0.247. The lowest BCUT2D eigenvalue weighted by molar-refractivity contribution is -0.140. The Labute approximate surface area is 264 Å². The van der Waals surface area contributed by atoms with E-state index in [0.717, 1.165) is 35.6 Å². The average molecular weight is 647 g/mol. The maximum atomic E-state index is 14.3. The number of carbonyl (C=O) groups excluding carboxylic acids is 2. The maximum Gasteiger partial charge on any atom is 0.264 e. The molecule has 1 fully saturated rings. The largest absolute Gasteiger partial charge is 0.497 e. The molecule has 8 nitrogen and oxygen atoms in total. The molecule has 0 aromatic heterocycles. The summed E-state index contributed by atoms with van der Waals surface area (Å²) in [4.78, 5) is 29.3. The fraction of sp³-hybridized carbons (Fsp3) is 0.375. The summed E-state index contributed by atoms with van der Waals surface area (Å²) < 4.78 is 34.5. The number of rotatable bonds is 12. The molecule has 3 aromatic rings. The zero-order valence-corrected chi connectivity index (χ0v) is 26.9. The number of nitrogens with zero attached hydrogens (tertiary/aromatic N) is 2. The third kappa shape index (κ3) is 8.02. The molecule has 0 spiro atoms. The monoisotopic (exact) mass is 645 g/mol. The summed E-state index contributed by atoms with van der Waals surface area (Å²) in [7, 11) is -2.71. The van der Waals surface area contributed by atoms with Crippen molar-refractivity contribution in [3.05, 3.63) is 87.9 Å². The van der Waals surface area contributed by atoms with E-state index in [9.17, 15) is 18.0 Å². The summed E-state index contributed by atoms with van der Waals surface area (Å²) >= 11 is 12.6. The summed E-state index contributed by atoms with van der Waals surface area (Å²) in [5.74, 6) is -0.402. The Morgan fingerprint density at radius 2 is 1.72 bits per heavy atom. The van der Waals surface area contributed by atoms with Crippen molar-refractivity contribution in [2.75, 3.05) is 18.0 Å². The lowest BCUT2D eigenvalue weighted by atomic mass is 10.1. The minimum atomic E-state index is -4.20. The van der Waals surface area contributed by atoms with Gasteiger partial charge in [-0.25, -0.2) is 8.42 Å². The zero-order valence-electron chi connectivity index (χ0n) is 24.6. The number of hydrogen-bond acceptors (Lipinski definition) is 5. The van der Waals surface area contributed by atoms with Crippen LogP contribution >= 0.6 is 23.2 Å². The first-order valence-electron chi connectivity index (χ1n) is 14.3. The molecule has 4 rings (SSSR count). The summed E-state index contributed by atoms with van der Waals surface area (Å²) in [5, 5.41) is 3.88. The van der Waals surface area contributed by atoms with Gasteiger partial charge in [-0.05, 0) is 68.1 Å². The van der Waals surface area contributed by atoms with Gasteiger partial charge < -0.3 is 15.0 Å². The Hall–Kier alpha value is -3.27. The van der Waals surface area contributed by atoms with Gasteiger partial charge in [-0.2, -0.15) is 0 Å². The van der Waals surface area contributed by atoms with Crippen molar-refractivity contribution in [3.63, 3.8) is 0 Å². The van der Waals surface area contributed by atoms with E-state index in [1.807, 2.05) is 13.8 Å². The van der Waals surface area contributed by atoms with Crippen LogP contribution in [0.2, 0.25) is 10.0 Å². The van der Waals surface area contributed by atoms with Crippen LogP contribution in [-0.2, 0) is 26.2 Å². The number of halogens is 2. The number of benzene rings is 3. The van der Waals surface area contributed by atoms with E-state index < -0.39 is 28.5 Å². The molecule has 1 aliphatic rings. The Bertz CT molecular complexity index is 1540. The van der Waals surface area contributed by atoms with Crippen LogP contribution in [0.15, 0.2) is 71.6 Å². The predicted octanol–water partition coefficient (Wildman–Crippen LogP) is 6.37. The van der Waals surface area contributed by atoms with Gasteiger partial charge in [0.2, 0.25) is 11.8 Å². The molecule has 3 aromatic carbocycles. The van der Waals surface area contributed by atoms with E-state index in [2.05, 4.69) is 5.32 Å². The molecule has 1 unspecified atom stereocenters. The highest BCUT2D eigenvalue weighted by Gasteiger charge is 2.35. The SMILES string of the molecule is CCC(C(=O)NC1CCCC1)N(Cc1ccc(Cl)cc1Cl)C(=O)CN(c1cccc(OC)c1)S(=O)(=O)c1ccc(C)cc1. The summed E-state index contributed by atoms with van der Waals surface area (Å²) in [6.07, 6.45) is 4.17. The Kier molecular flexibility index (Phi) is 11.0. The van der Waals surface area contributed by atoms with Gasteiger partial charge in [-0.1, -0.05) is 72.8 Å². The number of sulfonamides is 1. The molecule has 0 radical (unpaired) electrons. The van der Waals surface area contributed by atoms with Crippen molar-refractivity contribution in [3.8, 4) is 5.75 Å². The van der Waals surface area contributed by atoms with Gasteiger partial charge >= 0.3 is 0 Å². The standard InChI is InChI=1S/C32H37Cl2N3O5S/c1-4-30(32(39)35-25-8-5-6-9-25)36(20-23-14-15-24(33)18-29(23)34)31(38)21-37(26-10-7-11-27(19-26)42-3)43(40,41)28-16-12-22(2)13-17-28/h7,10-19,25,30H,4-6,8-9,20-21H2,1-3H3,(H,35,39). The van der Waals surface area contributed by atoms with Crippen molar-refractivity contribution in [1.82, 2.24) is 10.2 Å². The van der Waals surface area contributed by atoms with Crippen LogP contribution in [0, 0.1) is 6.92 Å². The molecule has 0 heterocycles. The van der Waals surface area contributed by atoms with Crippen LogP contribution in [-0.4, -0.2) is 50.9 Å². The van der Waals surface area contributed by atoms with E-state index in [4.69, 9.17) is 27.9 Å². The van der Waals surface area contributed by atoms with Gasteiger partial charge in [0.15, 0.2) is 0 Å². The van der Waals surface area contributed by atoms with Crippen molar-refractivity contribution >= 4 is 50.7 Å². The molecule has 230 valence electrons. The van der Waals surface area contributed by atoms with E-state index in [0.29, 0.717) is 27.8 Å². The summed E-state index contributed by atoms with van der Waals surface area (Å²) in [6.45, 7) is 3.12. The number of nitrogens with one attached hydrogen (secondary N) is 1. The third-order valence-corrected chi connectivity index (χ3v) is 10.0. The van der Waals surface area contributed by atoms with Gasteiger partial charge in [0.1, 0.15) is 18.3 Å². The van der Waals surface area contributed by atoms with Crippen LogP contribution < -0.4 is 14.4 Å². The molecular weight excluding hydrogens is 609 g/mol. The molecule has 1 aliphatic carbocycles.